The van der Waals surface area contributed by atoms with Gasteiger partial charge in [-0.1, -0.05) is 66.7 Å². The molecule has 7 heteroatoms. The van der Waals surface area contributed by atoms with Crippen LogP contribution in [0.2, 0.25) is 0 Å². The smallest absolute Gasteiger partial charge is 0.466 e. The van der Waals surface area contributed by atoms with Crippen LogP contribution in [0.4, 0.5) is 0 Å². The van der Waals surface area contributed by atoms with Crippen molar-refractivity contribution in [1.82, 2.24) is 0 Å². The Bertz CT molecular complexity index is 503. The standard InChI is InChI=1S/C8H8O2.C6H6.H3O4P/c9-8(10)6-7-4-2-1-3-5-7;1-2-4-6-5-3-1;1-5(2,3)4/h1-5H,6H2,(H,9,10);1-6H;(H3,1,2,3,4). The fourth-order valence-electron chi connectivity index (χ4n) is 1.16. The molecule has 0 aliphatic carbocycles. The number of aliphatic carboxylic acids is 1. The van der Waals surface area contributed by atoms with E-state index in [2.05, 4.69) is 0 Å². The first kappa shape index (κ1) is 19.0. The van der Waals surface area contributed by atoms with E-state index in [-0.39, 0.29) is 6.42 Å². The fourth-order valence-corrected chi connectivity index (χ4v) is 1.16. The molecule has 0 saturated heterocycles. The van der Waals surface area contributed by atoms with Gasteiger partial charge in [-0.15, -0.1) is 0 Å². The summed E-state index contributed by atoms with van der Waals surface area (Å²) in [5.74, 6) is -0.786. The van der Waals surface area contributed by atoms with Crippen LogP contribution >= 0.6 is 7.82 Å². The number of carbonyl (C=O) groups is 1. The molecule has 0 atom stereocenters. The molecule has 2 aromatic rings. The normalized spacial score (nSPS) is 9.48. The Morgan fingerprint density at radius 1 is 0.810 bits per heavy atom. The Balaban J connectivity index is 0.000000312. The van der Waals surface area contributed by atoms with Crippen molar-refractivity contribution >= 4 is 13.8 Å². The van der Waals surface area contributed by atoms with Gasteiger partial charge in [-0.2, -0.15) is 0 Å². The highest BCUT2D eigenvalue weighted by Crippen LogP contribution is 2.25. The van der Waals surface area contributed by atoms with Crippen LogP contribution in [0.1, 0.15) is 5.56 Å². The van der Waals surface area contributed by atoms with Crippen LogP contribution in [0.25, 0.3) is 0 Å². The van der Waals surface area contributed by atoms with E-state index in [4.69, 9.17) is 24.4 Å². The summed E-state index contributed by atoms with van der Waals surface area (Å²) < 4.78 is 8.88. The van der Waals surface area contributed by atoms with E-state index in [0.717, 1.165) is 5.56 Å². The second-order valence-corrected chi connectivity index (χ2v) is 4.75. The molecule has 0 aliphatic rings. The van der Waals surface area contributed by atoms with Crippen molar-refractivity contribution in [2.24, 2.45) is 0 Å². The first-order valence-electron chi connectivity index (χ1n) is 5.83. The molecule has 0 fully saturated rings. The summed E-state index contributed by atoms with van der Waals surface area (Å²) in [6.07, 6.45) is 0.112. The van der Waals surface area contributed by atoms with E-state index < -0.39 is 13.8 Å². The van der Waals surface area contributed by atoms with Gasteiger partial charge in [0.1, 0.15) is 0 Å². The molecule has 0 saturated carbocycles. The van der Waals surface area contributed by atoms with E-state index in [1.54, 1.807) is 12.1 Å². The zero-order valence-corrected chi connectivity index (χ0v) is 12.0. The van der Waals surface area contributed by atoms with Crippen molar-refractivity contribution in [1.29, 1.82) is 0 Å². The third-order valence-corrected chi connectivity index (χ3v) is 1.86. The second kappa shape index (κ2) is 10.8. The van der Waals surface area contributed by atoms with Gasteiger partial charge in [0.15, 0.2) is 0 Å². The summed E-state index contributed by atoms with van der Waals surface area (Å²) in [6, 6.07) is 21.1. The van der Waals surface area contributed by atoms with Gasteiger partial charge < -0.3 is 19.8 Å². The number of rotatable bonds is 2. The number of phosphoric acid groups is 1. The molecule has 4 N–H and O–H groups in total. The Kier molecular flexibility index (Phi) is 9.75. The summed E-state index contributed by atoms with van der Waals surface area (Å²) in [5, 5.41) is 8.37. The summed E-state index contributed by atoms with van der Waals surface area (Å²) >= 11 is 0. The molecule has 0 radical (unpaired) electrons. The van der Waals surface area contributed by atoms with Gasteiger partial charge in [0.05, 0.1) is 6.42 Å². The third-order valence-electron chi connectivity index (χ3n) is 1.86. The first-order valence-corrected chi connectivity index (χ1v) is 7.39. The van der Waals surface area contributed by atoms with E-state index >= 15 is 0 Å². The highest BCUT2D eigenvalue weighted by Gasteiger charge is 2.00. The maximum Gasteiger partial charge on any atom is 0.466 e. The van der Waals surface area contributed by atoms with Gasteiger partial charge in [0, 0.05) is 0 Å². The minimum atomic E-state index is -4.64. The second-order valence-electron chi connectivity index (χ2n) is 3.72. The quantitative estimate of drug-likeness (QED) is 0.631. The summed E-state index contributed by atoms with van der Waals surface area (Å²) in [7, 11) is -4.64. The molecule has 0 aliphatic heterocycles. The predicted molar refractivity (Wildman–Crippen MR) is 78.5 cm³/mol. The van der Waals surface area contributed by atoms with Crippen LogP contribution in [0, 0.1) is 0 Å². The molecule has 6 nitrogen and oxygen atoms in total. The van der Waals surface area contributed by atoms with E-state index in [0.29, 0.717) is 0 Å². The van der Waals surface area contributed by atoms with Gasteiger partial charge in [-0.25, -0.2) is 4.57 Å². The van der Waals surface area contributed by atoms with Crippen LogP contribution in [0.15, 0.2) is 66.7 Å². The Morgan fingerprint density at radius 2 is 1.10 bits per heavy atom. The lowest BCUT2D eigenvalue weighted by atomic mass is 10.2. The molecular weight excluding hydrogens is 295 g/mol. The molecule has 114 valence electrons. The third kappa shape index (κ3) is 18.0. The SMILES string of the molecule is O=C(O)Cc1ccccc1.O=P(O)(O)O.c1ccccc1. The van der Waals surface area contributed by atoms with Crippen molar-refractivity contribution < 1.29 is 29.1 Å². The van der Waals surface area contributed by atoms with E-state index in [1.807, 2.05) is 54.6 Å². The largest absolute Gasteiger partial charge is 0.481 e. The molecule has 2 aromatic carbocycles. The first-order chi connectivity index (χ1) is 9.79. The van der Waals surface area contributed by atoms with Crippen LogP contribution in [-0.4, -0.2) is 25.8 Å². The minimum absolute atomic E-state index is 0.112. The van der Waals surface area contributed by atoms with E-state index in [9.17, 15) is 4.79 Å². The minimum Gasteiger partial charge on any atom is -0.481 e. The van der Waals surface area contributed by atoms with E-state index in [1.165, 1.54) is 0 Å². The van der Waals surface area contributed by atoms with Crippen molar-refractivity contribution in [3.63, 3.8) is 0 Å². The fraction of sp³-hybridized carbons (Fsp3) is 0.0714. The van der Waals surface area contributed by atoms with Crippen molar-refractivity contribution in [3.05, 3.63) is 72.3 Å². The highest BCUT2D eigenvalue weighted by molar-refractivity contribution is 7.45. The lowest BCUT2D eigenvalue weighted by molar-refractivity contribution is -0.136. The van der Waals surface area contributed by atoms with Crippen LogP contribution in [0.3, 0.4) is 0 Å². The zero-order valence-electron chi connectivity index (χ0n) is 11.1. The monoisotopic (exact) mass is 312 g/mol. The Morgan fingerprint density at radius 3 is 1.38 bits per heavy atom. The van der Waals surface area contributed by atoms with Crippen molar-refractivity contribution in [2.75, 3.05) is 0 Å². The van der Waals surface area contributed by atoms with Crippen molar-refractivity contribution in [3.8, 4) is 0 Å². The number of carboxylic acids is 1. The Hall–Kier alpha value is -1.98. The molecule has 0 amide bonds. The molecule has 0 unspecified atom stereocenters. The van der Waals surface area contributed by atoms with Crippen molar-refractivity contribution in [2.45, 2.75) is 6.42 Å². The number of hydrogen-bond donors (Lipinski definition) is 4. The number of benzene rings is 2. The van der Waals surface area contributed by atoms with Gasteiger partial charge in [-0.05, 0) is 5.56 Å². The average molecular weight is 312 g/mol. The molecule has 0 heterocycles. The van der Waals surface area contributed by atoms with Crippen LogP contribution < -0.4 is 0 Å². The van der Waals surface area contributed by atoms with Gasteiger partial charge >= 0.3 is 13.8 Å². The topological polar surface area (TPSA) is 115 Å². The maximum absolute atomic E-state index is 10.2. The van der Waals surface area contributed by atoms with Gasteiger partial charge in [0.25, 0.3) is 0 Å². The lowest BCUT2D eigenvalue weighted by Crippen LogP contribution is -1.98. The summed E-state index contributed by atoms with van der Waals surface area (Å²) in [6.45, 7) is 0. The molecular formula is C14H17O6P. The average Bonchev–Trinajstić information content (AvgIpc) is 2.40. The number of hydrogen-bond acceptors (Lipinski definition) is 2. The number of carboxylic acid groups (broad SMARTS) is 1. The highest BCUT2D eigenvalue weighted by atomic mass is 31.2. The van der Waals surface area contributed by atoms with Gasteiger partial charge in [-0.3, -0.25) is 4.79 Å². The molecule has 2 rings (SSSR count). The lowest BCUT2D eigenvalue weighted by Gasteiger charge is -1.92. The summed E-state index contributed by atoms with van der Waals surface area (Å²) in [4.78, 5) is 31.7. The molecule has 0 bridgehead atoms. The maximum atomic E-state index is 10.2. The Labute approximate surface area is 122 Å². The zero-order chi connectivity index (χ0) is 16.1. The summed E-state index contributed by atoms with van der Waals surface area (Å²) in [5.41, 5.74) is 0.843. The molecule has 0 aromatic heterocycles. The van der Waals surface area contributed by atoms with Crippen LogP contribution in [-0.2, 0) is 15.8 Å². The predicted octanol–water partition coefficient (Wildman–Crippen LogP) is 2.07. The van der Waals surface area contributed by atoms with Crippen LogP contribution in [0.5, 0.6) is 0 Å². The molecule has 0 spiro atoms. The molecule has 21 heavy (non-hydrogen) atoms. The van der Waals surface area contributed by atoms with Gasteiger partial charge in [0.2, 0.25) is 0 Å².